The van der Waals surface area contributed by atoms with Crippen LogP contribution < -0.4 is 4.74 Å². The number of hydrogen-bond acceptors (Lipinski definition) is 5. The number of amides is 1. The lowest BCUT2D eigenvalue weighted by molar-refractivity contribution is -0.131. The number of hydrogen-bond donors (Lipinski definition) is 0. The molecular formula is C17H23N5O2. The third-order valence-corrected chi connectivity index (χ3v) is 4.49. The maximum atomic E-state index is 12.3. The number of aryl methyl sites for hydroxylation is 1. The fraction of sp³-hybridized carbons (Fsp3) is 0.529. The van der Waals surface area contributed by atoms with Gasteiger partial charge in [-0.2, -0.15) is 0 Å². The van der Waals surface area contributed by atoms with Crippen molar-refractivity contribution in [3.8, 4) is 5.75 Å². The van der Waals surface area contributed by atoms with Gasteiger partial charge in [0.05, 0.1) is 6.42 Å². The van der Waals surface area contributed by atoms with E-state index in [0.717, 1.165) is 43.2 Å². The molecule has 1 saturated heterocycles. The van der Waals surface area contributed by atoms with Gasteiger partial charge in [0.1, 0.15) is 12.4 Å². The molecule has 1 fully saturated rings. The zero-order valence-corrected chi connectivity index (χ0v) is 14.2. The first-order chi connectivity index (χ1) is 11.6. The van der Waals surface area contributed by atoms with E-state index in [1.807, 2.05) is 29.2 Å². The summed E-state index contributed by atoms with van der Waals surface area (Å²) in [5.74, 6) is 2.34. The summed E-state index contributed by atoms with van der Waals surface area (Å²) >= 11 is 0. The van der Waals surface area contributed by atoms with Crippen LogP contribution in [0, 0.1) is 5.92 Å². The first kappa shape index (κ1) is 16.4. The van der Waals surface area contributed by atoms with Crippen molar-refractivity contribution in [2.45, 2.75) is 32.8 Å². The van der Waals surface area contributed by atoms with Crippen molar-refractivity contribution in [2.75, 3.05) is 13.1 Å². The van der Waals surface area contributed by atoms with Crippen LogP contribution in [-0.2, 0) is 24.9 Å². The van der Waals surface area contributed by atoms with Crippen molar-refractivity contribution < 1.29 is 9.53 Å². The molecule has 0 N–H and O–H groups in total. The van der Waals surface area contributed by atoms with Crippen LogP contribution in [0.3, 0.4) is 0 Å². The SMILES string of the molecule is CC1CCN(C(=O)Cc2ccc(OCc3nnnn3C)cc2)CC1. The van der Waals surface area contributed by atoms with E-state index in [1.54, 1.807) is 11.7 Å². The van der Waals surface area contributed by atoms with Crippen molar-refractivity contribution in [1.29, 1.82) is 0 Å². The molecule has 1 aromatic carbocycles. The van der Waals surface area contributed by atoms with Gasteiger partial charge in [-0.25, -0.2) is 4.68 Å². The third-order valence-electron chi connectivity index (χ3n) is 4.49. The normalized spacial score (nSPS) is 15.5. The minimum absolute atomic E-state index is 0.209. The molecule has 7 heteroatoms. The van der Waals surface area contributed by atoms with E-state index in [9.17, 15) is 4.79 Å². The summed E-state index contributed by atoms with van der Waals surface area (Å²) in [6.07, 6.45) is 2.66. The molecule has 0 atom stereocenters. The molecule has 1 aromatic heterocycles. The van der Waals surface area contributed by atoms with Crippen molar-refractivity contribution in [3.63, 3.8) is 0 Å². The summed E-state index contributed by atoms with van der Waals surface area (Å²) in [6, 6.07) is 7.64. The lowest BCUT2D eigenvalue weighted by Crippen LogP contribution is -2.38. The Morgan fingerprint density at radius 3 is 2.58 bits per heavy atom. The first-order valence-electron chi connectivity index (χ1n) is 8.32. The van der Waals surface area contributed by atoms with Crippen molar-refractivity contribution in [2.24, 2.45) is 13.0 Å². The van der Waals surface area contributed by atoms with Gasteiger partial charge in [-0.1, -0.05) is 19.1 Å². The lowest BCUT2D eigenvalue weighted by Gasteiger charge is -2.30. The minimum atomic E-state index is 0.209. The van der Waals surface area contributed by atoms with Crippen LogP contribution in [0.25, 0.3) is 0 Å². The highest BCUT2D eigenvalue weighted by Gasteiger charge is 2.20. The topological polar surface area (TPSA) is 73.1 Å². The number of carbonyl (C=O) groups excluding carboxylic acids is 1. The van der Waals surface area contributed by atoms with E-state index in [1.165, 1.54) is 0 Å². The number of carbonyl (C=O) groups is 1. The molecular weight excluding hydrogens is 306 g/mol. The van der Waals surface area contributed by atoms with Crippen LogP contribution in [0.5, 0.6) is 5.75 Å². The summed E-state index contributed by atoms with van der Waals surface area (Å²) in [4.78, 5) is 14.3. The maximum Gasteiger partial charge on any atom is 0.226 e. The average molecular weight is 329 g/mol. The number of nitrogens with zero attached hydrogens (tertiary/aromatic N) is 5. The Hall–Kier alpha value is -2.44. The summed E-state index contributed by atoms with van der Waals surface area (Å²) in [6.45, 7) is 4.32. The first-order valence-corrected chi connectivity index (χ1v) is 8.32. The van der Waals surface area contributed by atoms with Crippen LogP contribution in [0.1, 0.15) is 31.2 Å². The maximum absolute atomic E-state index is 12.3. The smallest absolute Gasteiger partial charge is 0.226 e. The lowest BCUT2D eigenvalue weighted by atomic mass is 9.98. The highest BCUT2D eigenvalue weighted by atomic mass is 16.5. The van der Waals surface area contributed by atoms with Gasteiger partial charge in [0, 0.05) is 20.1 Å². The number of ether oxygens (including phenoxy) is 1. The molecule has 0 aliphatic carbocycles. The molecule has 1 aliphatic heterocycles. The van der Waals surface area contributed by atoms with Gasteiger partial charge < -0.3 is 9.64 Å². The fourth-order valence-electron chi connectivity index (χ4n) is 2.77. The van der Waals surface area contributed by atoms with Crippen LogP contribution >= 0.6 is 0 Å². The highest BCUT2D eigenvalue weighted by molar-refractivity contribution is 5.78. The van der Waals surface area contributed by atoms with E-state index in [-0.39, 0.29) is 5.91 Å². The van der Waals surface area contributed by atoms with Crippen LogP contribution in [0.15, 0.2) is 24.3 Å². The molecule has 1 aliphatic rings. The Bertz CT molecular complexity index is 675. The van der Waals surface area contributed by atoms with Crippen LogP contribution in [0.2, 0.25) is 0 Å². The van der Waals surface area contributed by atoms with Gasteiger partial charge in [0.25, 0.3) is 0 Å². The van der Waals surface area contributed by atoms with Gasteiger partial charge in [0.2, 0.25) is 5.91 Å². The van der Waals surface area contributed by atoms with E-state index in [4.69, 9.17) is 4.74 Å². The van der Waals surface area contributed by atoms with Gasteiger partial charge in [-0.3, -0.25) is 4.79 Å². The van der Waals surface area contributed by atoms with E-state index < -0.39 is 0 Å². The second-order valence-electron chi connectivity index (χ2n) is 6.39. The Labute approximate surface area is 141 Å². The molecule has 0 radical (unpaired) electrons. The Kier molecular flexibility index (Phi) is 5.08. The number of rotatable bonds is 5. The molecule has 2 aromatic rings. The average Bonchev–Trinajstić information content (AvgIpc) is 3.00. The second kappa shape index (κ2) is 7.42. The highest BCUT2D eigenvalue weighted by Crippen LogP contribution is 2.18. The number of likely N-dealkylation sites (tertiary alicyclic amines) is 1. The zero-order chi connectivity index (χ0) is 16.9. The van der Waals surface area contributed by atoms with Gasteiger partial charge in [-0.15, -0.1) is 5.10 Å². The van der Waals surface area contributed by atoms with Gasteiger partial charge in [-0.05, 0) is 46.9 Å². The summed E-state index contributed by atoms with van der Waals surface area (Å²) in [5, 5.41) is 11.2. The molecule has 2 heterocycles. The molecule has 0 unspecified atom stereocenters. The predicted octanol–water partition coefficient (Wildman–Crippen LogP) is 1.59. The molecule has 128 valence electrons. The molecule has 1 amide bonds. The molecule has 0 bridgehead atoms. The predicted molar refractivity (Wildman–Crippen MR) is 88.3 cm³/mol. The minimum Gasteiger partial charge on any atom is -0.486 e. The van der Waals surface area contributed by atoms with E-state index >= 15 is 0 Å². The number of piperidine rings is 1. The number of tetrazole rings is 1. The quantitative estimate of drug-likeness (QED) is 0.833. The van der Waals surface area contributed by atoms with Crippen molar-refractivity contribution in [3.05, 3.63) is 35.7 Å². The molecule has 24 heavy (non-hydrogen) atoms. The largest absolute Gasteiger partial charge is 0.486 e. The Morgan fingerprint density at radius 2 is 1.96 bits per heavy atom. The molecule has 0 spiro atoms. The molecule has 0 saturated carbocycles. The monoisotopic (exact) mass is 329 g/mol. The van der Waals surface area contributed by atoms with Crippen LogP contribution in [-0.4, -0.2) is 44.1 Å². The standard InChI is InChI=1S/C17H23N5O2/c1-13-7-9-22(10-8-13)17(23)11-14-3-5-15(6-4-14)24-12-16-18-19-20-21(16)2/h3-6,13H,7-12H2,1-2H3. The van der Waals surface area contributed by atoms with Gasteiger partial charge in [0.15, 0.2) is 5.82 Å². The molecule has 7 nitrogen and oxygen atoms in total. The number of aromatic nitrogens is 4. The van der Waals surface area contributed by atoms with E-state index in [0.29, 0.717) is 18.9 Å². The summed E-state index contributed by atoms with van der Waals surface area (Å²) < 4.78 is 7.24. The Balaban J connectivity index is 1.51. The second-order valence-corrected chi connectivity index (χ2v) is 6.39. The third kappa shape index (κ3) is 4.10. The van der Waals surface area contributed by atoms with Crippen molar-refractivity contribution >= 4 is 5.91 Å². The number of benzene rings is 1. The molecule has 3 rings (SSSR count). The van der Waals surface area contributed by atoms with E-state index in [2.05, 4.69) is 22.4 Å². The summed E-state index contributed by atoms with van der Waals surface area (Å²) in [7, 11) is 1.77. The zero-order valence-electron chi connectivity index (χ0n) is 14.2. The van der Waals surface area contributed by atoms with Crippen molar-refractivity contribution in [1.82, 2.24) is 25.1 Å². The fourth-order valence-corrected chi connectivity index (χ4v) is 2.77. The van der Waals surface area contributed by atoms with Gasteiger partial charge >= 0.3 is 0 Å². The summed E-state index contributed by atoms with van der Waals surface area (Å²) in [5.41, 5.74) is 1.01. The van der Waals surface area contributed by atoms with Crippen LogP contribution in [0.4, 0.5) is 0 Å². The Morgan fingerprint density at radius 1 is 1.25 bits per heavy atom.